The van der Waals surface area contributed by atoms with Crippen molar-refractivity contribution in [1.82, 2.24) is 10.2 Å². The SMILES string of the molecule is Cc1cc(CNC(=O)OC(C)(C)C)cc(C(=O)N2CCOCC2)c1N. The number of anilines is 1. The molecule has 7 heteroatoms. The topological polar surface area (TPSA) is 93.9 Å². The third-order valence-electron chi connectivity index (χ3n) is 3.81. The zero-order chi connectivity index (χ0) is 18.6. The molecule has 0 aromatic heterocycles. The summed E-state index contributed by atoms with van der Waals surface area (Å²) in [6, 6.07) is 3.60. The van der Waals surface area contributed by atoms with Crippen LogP contribution in [0, 0.1) is 6.92 Å². The molecule has 0 bridgehead atoms. The van der Waals surface area contributed by atoms with Crippen molar-refractivity contribution in [2.75, 3.05) is 32.0 Å². The summed E-state index contributed by atoms with van der Waals surface area (Å²) in [5, 5.41) is 2.70. The van der Waals surface area contributed by atoms with E-state index in [9.17, 15) is 9.59 Å². The molecule has 25 heavy (non-hydrogen) atoms. The molecule has 0 unspecified atom stereocenters. The van der Waals surface area contributed by atoms with Crippen LogP contribution in [0.1, 0.15) is 42.3 Å². The number of aryl methyl sites for hydroxylation is 1. The number of alkyl carbamates (subject to hydrolysis) is 1. The monoisotopic (exact) mass is 349 g/mol. The Morgan fingerprint density at radius 2 is 1.92 bits per heavy atom. The van der Waals surface area contributed by atoms with Crippen molar-refractivity contribution in [1.29, 1.82) is 0 Å². The lowest BCUT2D eigenvalue weighted by atomic mass is 10.0. The molecule has 7 nitrogen and oxygen atoms in total. The zero-order valence-electron chi connectivity index (χ0n) is 15.3. The Kier molecular flexibility index (Phi) is 5.89. The maximum absolute atomic E-state index is 12.7. The minimum atomic E-state index is -0.557. The summed E-state index contributed by atoms with van der Waals surface area (Å²) in [7, 11) is 0. The summed E-state index contributed by atoms with van der Waals surface area (Å²) >= 11 is 0. The number of rotatable bonds is 3. The highest BCUT2D eigenvalue weighted by molar-refractivity contribution is 6.00. The van der Waals surface area contributed by atoms with E-state index in [1.807, 2.05) is 13.0 Å². The van der Waals surface area contributed by atoms with Crippen LogP contribution >= 0.6 is 0 Å². The van der Waals surface area contributed by atoms with Gasteiger partial charge >= 0.3 is 6.09 Å². The maximum atomic E-state index is 12.7. The molecule has 1 aromatic carbocycles. The zero-order valence-corrected chi connectivity index (χ0v) is 15.3. The minimum absolute atomic E-state index is 0.108. The first-order valence-corrected chi connectivity index (χ1v) is 8.40. The third-order valence-corrected chi connectivity index (χ3v) is 3.81. The summed E-state index contributed by atoms with van der Waals surface area (Å²) in [6.07, 6.45) is -0.497. The number of benzene rings is 1. The number of morpholine rings is 1. The van der Waals surface area contributed by atoms with Crippen molar-refractivity contribution in [3.05, 3.63) is 28.8 Å². The van der Waals surface area contributed by atoms with E-state index in [0.717, 1.165) is 11.1 Å². The van der Waals surface area contributed by atoms with Crippen LogP contribution in [0.2, 0.25) is 0 Å². The quantitative estimate of drug-likeness (QED) is 0.815. The highest BCUT2D eigenvalue weighted by Crippen LogP contribution is 2.22. The summed E-state index contributed by atoms with van der Waals surface area (Å²) in [5.74, 6) is -0.108. The van der Waals surface area contributed by atoms with Gasteiger partial charge in [0, 0.05) is 25.3 Å². The molecule has 1 aliphatic rings. The predicted octanol–water partition coefficient (Wildman–Crippen LogP) is 2.07. The van der Waals surface area contributed by atoms with Gasteiger partial charge in [-0.05, 0) is 44.9 Å². The van der Waals surface area contributed by atoms with Gasteiger partial charge in [-0.2, -0.15) is 0 Å². The first-order valence-electron chi connectivity index (χ1n) is 8.40. The number of amides is 2. The number of hydrogen-bond donors (Lipinski definition) is 2. The molecule has 0 atom stereocenters. The number of hydrogen-bond acceptors (Lipinski definition) is 5. The number of nitrogens with two attached hydrogens (primary N) is 1. The highest BCUT2D eigenvalue weighted by atomic mass is 16.6. The van der Waals surface area contributed by atoms with E-state index in [4.69, 9.17) is 15.2 Å². The first kappa shape index (κ1) is 19.1. The Balaban J connectivity index is 2.11. The Hall–Kier alpha value is -2.28. The Labute approximate surface area is 148 Å². The molecule has 1 aromatic rings. The predicted molar refractivity (Wildman–Crippen MR) is 95.4 cm³/mol. The molecule has 1 heterocycles. The fourth-order valence-electron chi connectivity index (χ4n) is 2.58. The summed E-state index contributed by atoms with van der Waals surface area (Å²) in [5.41, 5.74) is 8.09. The third kappa shape index (κ3) is 5.35. The smallest absolute Gasteiger partial charge is 0.407 e. The van der Waals surface area contributed by atoms with Crippen molar-refractivity contribution < 1.29 is 19.1 Å². The number of nitrogens with zero attached hydrogens (tertiary/aromatic N) is 1. The standard InChI is InChI=1S/C18H27N3O4/c1-12-9-13(11-20-17(23)25-18(2,3)4)10-14(15(12)19)16(22)21-5-7-24-8-6-21/h9-10H,5-8,11,19H2,1-4H3,(H,20,23). The van der Waals surface area contributed by atoms with Gasteiger partial charge in [-0.3, -0.25) is 4.79 Å². The van der Waals surface area contributed by atoms with Crippen LogP contribution in [-0.2, 0) is 16.0 Å². The lowest BCUT2D eigenvalue weighted by molar-refractivity contribution is 0.0303. The molecule has 0 saturated carbocycles. The molecule has 3 N–H and O–H groups in total. The number of carbonyl (C=O) groups excluding carboxylic acids is 2. The van der Waals surface area contributed by atoms with Crippen LogP contribution in [-0.4, -0.2) is 48.8 Å². The van der Waals surface area contributed by atoms with Crippen molar-refractivity contribution in [3.63, 3.8) is 0 Å². The van der Waals surface area contributed by atoms with Gasteiger partial charge in [-0.1, -0.05) is 6.07 Å². The van der Waals surface area contributed by atoms with Crippen LogP contribution in [0.25, 0.3) is 0 Å². The second-order valence-corrected chi connectivity index (χ2v) is 7.13. The molecule has 1 aliphatic heterocycles. The van der Waals surface area contributed by atoms with E-state index in [0.29, 0.717) is 37.6 Å². The van der Waals surface area contributed by atoms with Crippen LogP contribution in [0.15, 0.2) is 12.1 Å². The largest absolute Gasteiger partial charge is 0.444 e. The van der Waals surface area contributed by atoms with Gasteiger partial charge < -0.3 is 25.4 Å². The molecule has 0 aliphatic carbocycles. The average molecular weight is 349 g/mol. The molecule has 2 rings (SSSR count). The van der Waals surface area contributed by atoms with E-state index >= 15 is 0 Å². The Morgan fingerprint density at radius 3 is 2.52 bits per heavy atom. The van der Waals surface area contributed by atoms with Crippen LogP contribution < -0.4 is 11.1 Å². The molecule has 138 valence electrons. The molecule has 1 saturated heterocycles. The lowest BCUT2D eigenvalue weighted by Crippen LogP contribution is -2.41. The summed E-state index contributed by atoms with van der Waals surface area (Å²) in [6.45, 7) is 9.70. The molecule has 0 spiro atoms. The van der Waals surface area contributed by atoms with E-state index < -0.39 is 11.7 Å². The number of nitrogens with one attached hydrogen (secondary N) is 1. The van der Waals surface area contributed by atoms with E-state index in [1.54, 1.807) is 31.7 Å². The fraction of sp³-hybridized carbons (Fsp3) is 0.556. The van der Waals surface area contributed by atoms with Crippen molar-refractivity contribution >= 4 is 17.7 Å². The summed E-state index contributed by atoms with van der Waals surface area (Å²) < 4.78 is 10.5. The molecular formula is C18H27N3O4. The van der Waals surface area contributed by atoms with Crippen LogP contribution in [0.3, 0.4) is 0 Å². The van der Waals surface area contributed by atoms with E-state index in [-0.39, 0.29) is 12.5 Å². The van der Waals surface area contributed by atoms with Gasteiger partial charge in [0.05, 0.1) is 18.8 Å². The van der Waals surface area contributed by atoms with Crippen molar-refractivity contribution in [2.45, 2.75) is 39.8 Å². The summed E-state index contributed by atoms with van der Waals surface area (Å²) in [4.78, 5) is 26.3. The fourth-order valence-corrected chi connectivity index (χ4v) is 2.58. The number of nitrogen functional groups attached to an aromatic ring is 1. The van der Waals surface area contributed by atoms with Crippen molar-refractivity contribution in [2.24, 2.45) is 0 Å². The van der Waals surface area contributed by atoms with Crippen LogP contribution in [0.4, 0.5) is 10.5 Å². The first-order chi connectivity index (χ1) is 11.7. The molecule has 1 fully saturated rings. The average Bonchev–Trinajstić information content (AvgIpc) is 2.54. The molecule has 2 amide bonds. The maximum Gasteiger partial charge on any atom is 0.407 e. The second-order valence-electron chi connectivity index (χ2n) is 7.13. The van der Waals surface area contributed by atoms with Gasteiger partial charge in [-0.25, -0.2) is 4.79 Å². The minimum Gasteiger partial charge on any atom is -0.444 e. The highest BCUT2D eigenvalue weighted by Gasteiger charge is 2.22. The number of ether oxygens (including phenoxy) is 2. The second kappa shape index (κ2) is 7.74. The van der Waals surface area contributed by atoms with Gasteiger partial charge in [0.1, 0.15) is 5.60 Å². The van der Waals surface area contributed by atoms with E-state index in [1.165, 1.54) is 0 Å². The van der Waals surface area contributed by atoms with Gasteiger partial charge in [-0.15, -0.1) is 0 Å². The Morgan fingerprint density at radius 1 is 1.28 bits per heavy atom. The molecular weight excluding hydrogens is 322 g/mol. The number of carbonyl (C=O) groups is 2. The lowest BCUT2D eigenvalue weighted by Gasteiger charge is -2.27. The normalized spacial score (nSPS) is 15.0. The van der Waals surface area contributed by atoms with Crippen LogP contribution in [0.5, 0.6) is 0 Å². The Bertz CT molecular complexity index is 646. The molecule has 0 radical (unpaired) electrons. The van der Waals surface area contributed by atoms with Gasteiger partial charge in [0.2, 0.25) is 0 Å². The van der Waals surface area contributed by atoms with Gasteiger partial charge in [0.25, 0.3) is 5.91 Å². The van der Waals surface area contributed by atoms with Crippen molar-refractivity contribution in [3.8, 4) is 0 Å². The van der Waals surface area contributed by atoms with Gasteiger partial charge in [0.15, 0.2) is 0 Å². The van der Waals surface area contributed by atoms with E-state index in [2.05, 4.69) is 5.32 Å².